The van der Waals surface area contributed by atoms with E-state index >= 15 is 4.39 Å². The summed E-state index contributed by atoms with van der Waals surface area (Å²) in [5.41, 5.74) is 0.993. The molecule has 1 amide bonds. The minimum absolute atomic E-state index is 0.00614. The third-order valence-electron chi connectivity index (χ3n) is 10.2. The number of likely N-dealkylation sites (tertiary alicyclic amines) is 1. The van der Waals surface area contributed by atoms with Crippen molar-refractivity contribution < 1.29 is 22.7 Å². The molecule has 8 rings (SSSR count). The number of aromatic nitrogens is 5. The maximum absolute atomic E-state index is 16.3. The predicted octanol–water partition coefficient (Wildman–Crippen LogP) is 6.15. The number of benzene rings is 2. The standard InChI is InChI=1S/C33H27F2N7O2.C7H12FN/c1-5-23-26(34)11-9-20-7-6-8-24(28(20)23)30-29(35)31-25(17-37-30)32(40-33(39-31)44-4)41(3)22-14-16-42(18-22)27(43)12-10-21-13-15-36-19(2)38-21;8-6-4-7-2-1-3-9(7)5-6/h1,6-13,15,17,22H,14,16,18H2,2-4H3;6-7H,1-5H2/b12-10+;. The van der Waals surface area contributed by atoms with Crippen LogP contribution < -0.4 is 9.64 Å². The number of aryl methyl sites for hydroxylation is 1. The summed E-state index contributed by atoms with van der Waals surface area (Å²) in [6.07, 6.45) is 15.4. The Labute approximate surface area is 305 Å². The first-order chi connectivity index (χ1) is 25.6. The van der Waals surface area contributed by atoms with E-state index < -0.39 is 17.8 Å². The number of nitrogens with zero attached hydrogens (tertiary/aromatic N) is 8. The smallest absolute Gasteiger partial charge is 0.318 e. The van der Waals surface area contributed by atoms with Gasteiger partial charge in [0.2, 0.25) is 5.91 Å². The zero-order valence-electron chi connectivity index (χ0n) is 29.8. The van der Waals surface area contributed by atoms with Crippen molar-refractivity contribution in [3.63, 3.8) is 0 Å². The maximum atomic E-state index is 16.3. The molecule has 3 fully saturated rings. The second-order valence-corrected chi connectivity index (χ2v) is 13.5. The molecule has 3 unspecified atom stereocenters. The van der Waals surface area contributed by atoms with Gasteiger partial charge in [0.25, 0.3) is 0 Å². The Kier molecular flexibility index (Phi) is 10.2. The Hall–Kier alpha value is -5.61. The number of ether oxygens (including phenoxy) is 1. The number of rotatable bonds is 6. The van der Waals surface area contributed by atoms with Crippen LogP contribution in [0, 0.1) is 30.9 Å². The second kappa shape index (κ2) is 15.2. The number of carbonyl (C=O) groups excluding carboxylic acids is 1. The molecule has 0 N–H and O–H groups in total. The van der Waals surface area contributed by atoms with E-state index in [4.69, 9.17) is 11.2 Å². The zero-order valence-corrected chi connectivity index (χ0v) is 29.8. The van der Waals surface area contributed by atoms with E-state index in [1.807, 2.05) is 11.9 Å². The van der Waals surface area contributed by atoms with Crippen LogP contribution >= 0.6 is 0 Å². The summed E-state index contributed by atoms with van der Waals surface area (Å²) in [7, 11) is 3.23. The SMILES string of the molecule is C#Cc1c(F)ccc2cccc(-c3ncc4c(N(C)C5CCN(C(=O)/C=C/c6ccnc(C)n6)C5)nc(OC)nc4c3F)c12.FC1CC2CCCN2C1. The molecule has 13 heteroatoms. The van der Waals surface area contributed by atoms with Gasteiger partial charge in [-0.05, 0) is 62.7 Å². The molecular weight excluding hydrogens is 681 g/mol. The molecule has 6 heterocycles. The monoisotopic (exact) mass is 720 g/mol. The highest BCUT2D eigenvalue weighted by Crippen LogP contribution is 2.37. The number of likely N-dealkylation sites (N-methyl/N-ethyl adjacent to an activating group) is 1. The number of terminal acetylenes is 1. The topological polar surface area (TPSA) is 100 Å². The van der Waals surface area contributed by atoms with Crippen LogP contribution in [0.2, 0.25) is 0 Å². The highest BCUT2D eigenvalue weighted by Gasteiger charge is 2.35. The molecular formula is C40H39F3N8O2. The Morgan fingerprint density at radius 3 is 2.70 bits per heavy atom. The summed E-state index contributed by atoms with van der Waals surface area (Å²) in [4.78, 5) is 40.5. The van der Waals surface area contributed by atoms with Crippen molar-refractivity contribution in [3.8, 4) is 29.6 Å². The minimum atomic E-state index is -0.717. The quantitative estimate of drug-likeness (QED) is 0.151. The molecule has 3 aliphatic rings. The molecule has 0 aliphatic carbocycles. The van der Waals surface area contributed by atoms with Crippen LogP contribution in [0.3, 0.4) is 0 Å². The van der Waals surface area contributed by atoms with E-state index in [0.717, 1.165) is 13.0 Å². The molecule has 0 bridgehead atoms. The summed E-state index contributed by atoms with van der Waals surface area (Å²) in [5.74, 6) is 1.99. The average molecular weight is 721 g/mol. The average Bonchev–Trinajstić information content (AvgIpc) is 3.91. The van der Waals surface area contributed by atoms with Crippen molar-refractivity contribution in [2.24, 2.45) is 0 Å². The fraction of sp³-hybridized carbons (Fsp3) is 0.350. The third kappa shape index (κ3) is 7.24. The first kappa shape index (κ1) is 35.8. The number of hydrogen-bond acceptors (Lipinski definition) is 9. The highest BCUT2D eigenvalue weighted by molar-refractivity contribution is 6.02. The van der Waals surface area contributed by atoms with Crippen LogP contribution in [0.25, 0.3) is 39.0 Å². The summed E-state index contributed by atoms with van der Waals surface area (Å²) in [6.45, 7) is 4.61. The fourth-order valence-electron chi connectivity index (χ4n) is 7.55. The van der Waals surface area contributed by atoms with Crippen LogP contribution in [0.4, 0.5) is 19.0 Å². The molecule has 10 nitrogen and oxygen atoms in total. The number of halogens is 3. The van der Waals surface area contributed by atoms with Crippen molar-refractivity contribution >= 4 is 39.5 Å². The van der Waals surface area contributed by atoms with Crippen molar-refractivity contribution in [3.05, 3.63) is 83.6 Å². The van der Waals surface area contributed by atoms with E-state index in [-0.39, 0.29) is 34.7 Å². The van der Waals surface area contributed by atoms with Crippen molar-refractivity contribution in [1.82, 2.24) is 34.7 Å². The van der Waals surface area contributed by atoms with Gasteiger partial charge in [0.1, 0.15) is 34.8 Å². The number of anilines is 1. The fourth-order valence-corrected chi connectivity index (χ4v) is 7.55. The van der Waals surface area contributed by atoms with E-state index in [9.17, 15) is 13.6 Å². The van der Waals surface area contributed by atoms with Crippen LogP contribution in [0.15, 0.2) is 54.9 Å². The van der Waals surface area contributed by atoms with Crippen LogP contribution in [-0.4, -0.2) is 99.2 Å². The lowest BCUT2D eigenvalue weighted by molar-refractivity contribution is -0.124. The summed E-state index contributed by atoms with van der Waals surface area (Å²) < 4.78 is 48.9. The van der Waals surface area contributed by atoms with Crippen molar-refractivity contribution in [2.75, 3.05) is 45.2 Å². The summed E-state index contributed by atoms with van der Waals surface area (Å²) >= 11 is 0. The van der Waals surface area contributed by atoms with Gasteiger partial charge in [0.15, 0.2) is 5.82 Å². The maximum Gasteiger partial charge on any atom is 0.318 e. The molecule has 0 radical (unpaired) electrons. The van der Waals surface area contributed by atoms with Crippen molar-refractivity contribution in [2.45, 2.75) is 50.9 Å². The largest absolute Gasteiger partial charge is 0.467 e. The minimum Gasteiger partial charge on any atom is -0.467 e. The number of fused-ring (bicyclic) bond motifs is 3. The zero-order chi connectivity index (χ0) is 37.2. The Balaban J connectivity index is 0.000000418. The van der Waals surface area contributed by atoms with Gasteiger partial charge < -0.3 is 14.5 Å². The van der Waals surface area contributed by atoms with E-state index in [0.29, 0.717) is 71.2 Å². The van der Waals surface area contributed by atoms with Crippen LogP contribution in [0.5, 0.6) is 6.01 Å². The molecule has 2 aromatic carbocycles. The number of methoxy groups -OCH3 is 1. The number of alkyl halides is 1. The molecule has 5 aromatic rings. The van der Waals surface area contributed by atoms with Crippen LogP contribution in [0.1, 0.15) is 42.8 Å². The van der Waals surface area contributed by atoms with Gasteiger partial charge in [-0.15, -0.1) is 6.42 Å². The van der Waals surface area contributed by atoms with E-state index in [1.165, 1.54) is 38.3 Å². The number of pyridine rings is 1. The third-order valence-corrected chi connectivity index (χ3v) is 10.2. The molecule has 0 spiro atoms. The number of carbonyl (C=O) groups is 1. The highest BCUT2D eigenvalue weighted by atomic mass is 19.1. The lowest BCUT2D eigenvalue weighted by Crippen LogP contribution is -2.36. The first-order valence-corrected chi connectivity index (χ1v) is 17.6. The second-order valence-electron chi connectivity index (χ2n) is 13.5. The Bertz CT molecular complexity index is 2250. The molecule has 3 saturated heterocycles. The number of amides is 1. The van der Waals surface area contributed by atoms with Gasteiger partial charge in [-0.3, -0.25) is 14.7 Å². The van der Waals surface area contributed by atoms with Gasteiger partial charge in [0, 0.05) is 68.2 Å². The Morgan fingerprint density at radius 2 is 1.92 bits per heavy atom. The molecule has 3 aromatic heterocycles. The van der Waals surface area contributed by atoms with Gasteiger partial charge in [-0.25, -0.2) is 23.1 Å². The normalized spacial score (nSPS) is 19.7. The van der Waals surface area contributed by atoms with Gasteiger partial charge in [0.05, 0.1) is 23.8 Å². The number of hydrogen-bond donors (Lipinski definition) is 0. The molecule has 0 saturated carbocycles. The first-order valence-electron chi connectivity index (χ1n) is 17.6. The lowest BCUT2D eigenvalue weighted by Gasteiger charge is -2.27. The van der Waals surface area contributed by atoms with Crippen molar-refractivity contribution in [1.29, 1.82) is 0 Å². The molecule has 3 aliphatic heterocycles. The lowest BCUT2D eigenvalue weighted by atomic mass is 9.96. The van der Waals surface area contributed by atoms with Gasteiger partial charge in [-0.1, -0.05) is 30.2 Å². The molecule has 272 valence electrons. The van der Waals surface area contributed by atoms with E-state index in [1.54, 1.807) is 54.4 Å². The Morgan fingerprint density at radius 1 is 1.08 bits per heavy atom. The van der Waals surface area contributed by atoms with E-state index in [2.05, 4.69) is 35.7 Å². The van der Waals surface area contributed by atoms with Crippen LogP contribution in [-0.2, 0) is 4.79 Å². The molecule has 3 atom stereocenters. The molecule has 53 heavy (non-hydrogen) atoms. The summed E-state index contributed by atoms with van der Waals surface area (Å²) in [6, 6.07) is 10.2. The van der Waals surface area contributed by atoms with Gasteiger partial charge in [-0.2, -0.15) is 9.97 Å². The summed E-state index contributed by atoms with van der Waals surface area (Å²) in [5, 5.41) is 1.40. The predicted molar refractivity (Wildman–Crippen MR) is 198 cm³/mol. The van der Waals surface area contributed by atoms with Gasteiger partial charge >= 0.3 is 6.01 Å².